The van der Waals surface area contributed by atoms with Gasteiger partial charge in [-0.3, -0.25) is 9.67 Å². The quantitative estimate of drug-likeness (QED) is 0.205. The molecule has 26 heavy (non-hydrogen) atoms. The number of nitrogens with zero attached hydrogens (tertiary/aromatic N) is 4. The second-order valence-corrected chi connectivity index (χ2v) is 7.04. The fraction of sp³-hybridized carbons (Fsp3) is 0.789. The minimum atomic E-state index is 0. The molecule has 6 nitrogen and oxygen atoms in total. The molecule has 1 aliphatic rings. The van der Waals surface area contributed by atoms with Crippen LogP contribution in [0.2, 0.25) is 0 Å². The molecule has 1 fully saturated rings. The summed E-state index contributed by atoms with van der Waals surface area (Å²) in [5.41, 5.74) is 1.18. The van der Waals surface area contributed by atoms with Crippen LogP contribution < -0.4 is 5.32 Å². The van der Waals surface area contributed by atoms with Gasteiger partial charge < -0.3 is 15.0 Å². The zero-order valence-corrected chi connectivity index (χ0v) is 18.9. The van der Waals surface area contributed by atoms with Gasteiger partial charge in [0.05, 0.1) is 12.3 Å². The second kappa shape index (κ2) is 13.4. The number of guanidine groups is 1. The van der Waals surface area contributed by atoms with Crippen LogP contribution in [-0.4, -0.2) is 54.0 Å². The number of rotatable bonds is 8. The highest BCUT2D eigenvalue weighted by Crippen LogP contribution is 2.19. The number of nitrogens with one attached hydrogen (secondary N) is 1. The zero-order chi connectivity index (χ0) is 17.9. The normalized spacial score (nSPS) is 16.0. The number of hydrogen-bond acceptors (Lipinski definition) is 3. The molecule has 1 heterocycles. The van der Waals surface area contributed by atoms with Crippen LogP contribution in [0.5, 0.6) is 0 Å². The van der Waals surface area contributed by atoms with Gasteiger partial charge in [-0.05, 0) is 25.7 Å². The van der Waals surface area contributed by atoms with Gasteiger partial charge in [0.15, 0.2) is 5.96 Å². The predicted octanol–water partition coefficient (Wildman–Crippen LogP) is 3.56. The molecule has 1 saturated carbocycles. The van der Waals surface area contributed by atoms with Crippen molar-refractivity contribution in [3.63, 3.8) is 0 Å². The van der Waals surface area contributed by atoms with E-state index in [9.17, 15) is 0 Å². The summed E-state index contributed by atoms with van der Waals surface area (Å²) in [7, 11) is 5.82. The third kappa shape index (κ3) is 8.70. The Kier molecular flexibility index (Phi) is 11.9. The Hall–Kier alpha value is -0.830. The molecule has 1 aromatic rings. The molecule has 0 bridgehead atoms. The van der Waals surface area contributed by atoms with Crippen LogP contribution in [0.4, 0.5) is 0 Å². The lowest BCUT2D eigenvalue weighted by Crippen LogP contribution is -2.38. The third-order valence-electron chi connectivity index (χ3n) is 4.76. The van der Waals surface area contributed by atoms with Gasteiger partial charge in [0.1, 0.15) is 0 Å². The summed E-state index contributed by atoms with van der Waals surface area (Å²) in [5.74, 6) is 0.925. The second-order valence-electron chi connectivity index (χ2n) is 7.04. The van der Waals surface area contributed by atoms with Crippen LogP contribution in [0, 0.1) is 0 Å². The number of ether oxygens (including phenoxy) is 1. The van der Waals surface area contributed by atoms with E-state index in [2.05, 4.69) is 27.4 Å². The molecule has 0 aliphatic heterocycles. The highest BCUT2D eigenvalue weighted by molar-refractivity contribution is 14.0. The highest BCUT2D eigenvalue weighted by Gasteiger charge is 2.12. The molecule has 1 aliphatic carbocycles. The maximum absolute atomic E-state index is 6.05. The van der Waals surface area contributed by atoms with Crippen LogP contribution in [0.1, 0.15) is 56.9 Å². The molecule has 0 atom stereocenters. The summed E-state index contributed by atoms with van der Waals surface area (Å²) in [6.45, 7) is 2.62. The first-order valence-electron chi connectivity index (χ1n) is 9.70. The van der Waals surface area contributed by atoms with Gasteiger partial charge in [0.25, 0.3) is 0 Å². The number of aromatic nitrogens is 2. The summed E-state index contributed by atoms with van der Waals surface area (Å²) < 4.78 is 7.87. The van der Waals surface area contributed by atoms with Gasteiger partial charge in [0, 0.05) is 52.6 Å². The number of aryl methyl sites for hydroxylation is 1. The van der Waals surface area contributed by atoms with E-state index < -0.39 is 0 Å². The van der Waals surface area contributed by atoms with Gasteiger partial charge in [0.2, 0.25) is 0 Å². The van der Waals surface area contributed by atoms with Gasteiger partial charge in [-0.1, -0.05) is 25.7 Å². The fourth-order valence-electron chi connectivity index (χ4n) is 3.37. The molecule has 1 N–H and O–H groups in total. The fourth-order valence-corrected chi connectivity index (χ4v) is 3.37. The Morgan fingerprint density at radius 2 is 2.04 bits per heavy atom. The molecule has 0 unspecified atom stereocenters. The van der Waals surface area contributed by atoms with Crippen molar-refractivity contribution in [2.75, 3.05) is 27.2 Å². The van der Waals surface area contributed by atoms with Crippen molar-refractivity contribution in [3.05, 3.63) is 18.0 Å². The topological polar surface area (TPSA) is 54.7 Å². The number of halogens is 1. The van der Waals surface area contributed by atoms with Crippen molar-refractivity contribution < 1.29 is 4.74 Å². The summed E-state index contributed by atoms with van der Waals surface area (Å²) in [6.07, 6.45) is 14.6. The van der Waals surface area contributed by atoms with Gasteiger partial charge in [-0.15, -0.1) is 24.0 Å². The van der Waals surface area contributed by atoms with Crippen LogP contribution in [-0.2, 0) is 18.3 Å². The largest absolute Gasteiger partial charge is 0.378 e. The van der Waals surface area contributed by atoms with E-state index in [1.54, 1.807) is 0 Å². The minimum Gasteiger partial charge on any atom is -0.378 e. The maximum Gasteiger partial charge on any atom is 0.193 e. The Labute approximate surface area is 175 Å². The SMILES string of the molecule is CN=C(NCCCCOC1CCCCCC1)N(C)Cc1cnn(C)c1.I. The van der Waals surface area contributed by atoms with E-state index in [4.69, 9.17) is 4.74 Å². The molecule has 0 aromatic carbocycles. The molecule has 2 rings (SSSR count). The first-order valence-corrected chi connectivity index (χ1v) is 9.70. The first kappa shape index (κ1) is 23.2. The van der Waals surface area contributed by atoms with Gasteiger partial charge in [-0.25, -0.2) is 0 Å². The number of hydrogen-bond donors (Lipinski definition) is 1. The van der Waals surface area contributed by atoms with Crippen molar-refractivity contribution >= 4 is 29.9 Å². The smallest absolute Gasteiger partial charge is 0.193 e. The Bertz CT molecular complexity index is 512. The first-order chi connectivity index (χ1) is 12.2. The van der Waals surface area contributed by atoms with Crippen molar-refractivity contribution in [3.8, 4) is 0 Å². The average molecular weight is 477 g/mol. The zero-order valence-electron chi connectivity index (χ0n) is 16.6. The average Bonchev–Trinajstić information content (AvgIpc) is 2.85. The lowest BCUT2D eigenvalue weighted by Gasteiger charge is -2.21. The maximum atomic E-state index is 6.05. The number of aliphatic imine (C=N–C) groups is 1. The molecule has 7 heteroatoms. The van der Waals surface area contributed by atoms with Crippen molar-refractivity contribution in [1.29, 1.82) is 0 Å². The van der Waals surface area contributed by atoms with Crippen molar-refractivity contribution in [2.45, 2.75) is 64.0 Å². The predicted molar refractivity (Wildman–Crippen MR) is 118 cm³/mol. The molecular weight excluding hydrogens is 441 g/mol. The Balaban J connectivity index is 0.00000338. The molecule has 0 saturated heterocycles. The molecular formula is C19H36IN5O. The molecule has 0 radical (unpaired) electrons. The number of unbranched alkanes of at least 4 members (excludes halogenated alkanes) is 1. The third-order valence-corrected chi connectivity index (χ3v) is 4.76. The lowest BCUT2D eigenvalue weighted by atomic mass is 10.1. The molecule has 0 amide bonds. The molecule has 1 aromatic heterocycles. The van der Waals surface area contributed by atoms with E-state index in [0.717, 1.165) is 38.5 Å². The van der Waals surface area contributed by atoms with E-state index in [1.807, 2.05) is 31.2 Å². The summed E-state index contributed by atoms with van der Waals surface area (Å²) in [6, 6.07) is 0. The van der Waals surface area contributed by atoms with Crippen molar-refractivity contribution in [2.24, 2.45) is 12.0 Å². The van der Waals surface area contributed by atoms with Gasteiger partial charge in [-0.2, -0.15) is 5.10 Å². The van der Waals surface area contributed by atoms with E-state index in [-0.39, 0.29) is 24.0 Å². The monoisotopic (exact) mass is 477 g/mol. The van der Waals surface area contributed by atoms with Crippen molar-refractivity contribution in [1.82, 2.24) is 20.0 Å². The summed E-state index contributed by atoms with van der Waals surface area (Å²) in [4.78, 5) is 6.49. The van der Waals surface area contributed by atoms with E-state index >= 15 is 0 Å². The van der Waals surface area contributed by atoms with Crippen LogP contribution >= 0.6 is 24.0 Å². The molecule has 150 valence electrons. The molecule has 0 spiro atoms. The Morgan fingerprint density at radius 3 is 2.65 bits per heavy atom. The van der Waals surface area contributed by atoms with Gasteiger partial charge >= 0.3 is 0 Å². The minimum absolute atomic E-state index is 0. The van der Waals surface area contributed by atoms with Crippen LogP contribution in [0.15, 0.2) is 17.4 Å². The standard InChI is InChI=1S/C19H35N5O.HI/c1-20-19(23(2)15-17-14-22-24(3)16-17)21-12-8-9-13-25-18-10-6-4-5-7-11-18;/h14,16,18H,4-13,15H2,1-3H3,(H,20,21);1H. The highest BCUT2D eigenvalue weighted by atomic mass is 127. The van der Waals surface area contributed by atoms with E-state index in [1.165, 1.54) is 44.1 Å². The summed E-state index contributed by atoms with van der Waals surface area (Å²) >= 11 is 0. The lowest BCUT2D eigenvalue weighted by molar-refractivity contribution is 0.0411. The van der Waals surface area contributed by atoms with E-state index in [0.29, 0.717) is 6.10 Å². The van der Waals surface area contributed by atoms with Crippen LogP contribution in [0.25, 0.3) is 0 Å². The van der Waals surface area contributed by atoms with Crippen LogP contribution in [0.3, 0.4) is 0 Å². The Morgan fingerprint density at radius 1 is 1.31 bits per heavy atom. The summed E-state index contributed by atoms with van der Waals surface area (Å²) in [5, 5.41) is 7.65.